The van der Waals surface area contributed by atoms with Crippen LogP contribution < -0.4 is 0 Å². The normalized spacial score (nSPS) is 13.9. The standard InChI is InChI=1S/C66H105NO8/c1-6-8-10-12-14-16-18-20-22-23-24-25-26-27-28-29-30-31-32-33-34-35-36-37-38-39-40-41-43-45-47-49-51-53-55-57-64(69)75-62(61-74-66(65(70)71)72-59-58-67(3,4)5)60-73-63(68)56-54-52-50-48-46-44-42-21-19-17-15-13-11-9-7-2/h8-11,14-17,20-22,24-25,27-28,30-31,33-34,36-37,42,46,48,62,66H,6-7,12-13,18-19,23,26,29,32,35,38-41,43-45,47,49-61H2,1-5H3/p+1/b10-8-,11-9-,16-14-,17-15-,22-20-,25-24-,28-27-,31-30-,34-33-,37-36-,42-21-,48-46-. The molecule has 0 amide bonds. The van der Waals surface area contributed by atoms with Gasteiger partial charge >= 0.3 is 17.9 Å². The van der Waals surface area contributed by atoms with Gasteiger partial charge in [-0.2, -0.15) is 0 Å². The number of nitrogens with zero attached hydrogens (tertiary/aromatic N) is 1. The number of quaternary nitrogens is 1. The highest BCUT2D eigenvalue weighted by Gasteiger charge is 2.25. The van der Waals surface area contributed by atoms with E-state index in [4.69, 9.17) is 18.9 Å². The molecule has 0 bridgehead atoms. The molecule has 0 aromatic carbocycles. The van der Waals surface area contributed by atoms with Gasteiger partial charge < -0.3 is 28.5 Å². The van der Waals surface area contributed by atoms with Gasteiger partial charge in [0.25, 0.3) is 6.29 Å². The smallest absolute Gasteiger partial charge is 0.361 e. The molecule has 0 aliphatic rings. The number of unbranched alkanes of at least 4 members (excludes halogenated alkanes) is 12. The Bertz CT molecular complexity index is 1730. The second-order valence-corrected chi connectivity index (χ2v) is 19.8. The third-order valence-corrected chi connectivity index (χ3v) is 11.6. The van der Waals surface area contributed by atoms with Crippen LogP contribution in [0.1, 0.15) is 194 Å². The summed E-state index contributed by atoms with van der Waals surface area (Å²) >= 11 is 0. The minimum Gasteiger partial charge on any atom is -0.477 e. The van der Waals surface area contributed by atoms with E-state index < -0.39 is 30.3 Å². The predicted molar refractivity (Wildman–Crippen MR) is 317 cm³/mol. The number of hydrogen-bond acceptors (Lipinski definition) is 7. The van der Waals surface area contributed by atoms with Crippen molar-refractivity contribution in [2.75, 3.05) is 47.5 Å². The molecule has 2 unspecified atom stereocenters. The fourth-order valence-electron chi connectivity index (χ4n) is 7.19. The molecule has 422 valence electrons. The highest BCUT2D eigenvalue weighted by Crippen LogP contribution is 2.14. The van der Waals surface area contributed by atoms with E-state index in [2.05, 4.69) is 160 Å². The SMILES string of the molecule is CC/C=C\C/C=C\C/C=C\C/C=C\C/C=C\C/C=C\C/C=C\C/C=C\CCCCCCCCCCCCC(=O)OC(COC(=O)CCCC/C=C\C/C=C\C/C=C\C/C=C\CC)COC(OCC[N+](C)(C)C)C(=O)O. The van der Waals surface area contributed by atoms with Gasteiger partial charge in [-0.25, -0.2) is 4.79 Å². The number of hydrogen-bond donors (Lipinski definition) is 1. The third kappa shape index (κ3) is 56.7. The molecule has 0 fully saturated rings. The summed E-state index contributed by atoms with van der Waals surface area (Å²) < 4.78 is 22.8. The highest BCUT2D eigenvalue weighted by molar-refractivity contribution is 5.71. The van der Waals surface area contributed by atoms with Crippen LogP contribution in [0.3, 0.4) is 0 Å². The van der Waals surface area contributed by atoms with Gasteiger partial charge in [0, 0.05) is 12.8 Å². The van der Waals surface area contributed by atoms with Gasteiger partial charge in [-0.15, -0.1) is 0 Å². The minimum absolute atomic E-state index is 0.172. The van der Waals surface area contributed by atoms with Crippen molar-refractivity contribution < 1.29 is 42.9 Å². The molecule has 1 N–H and O–H groups in total. The molecule has 0 spiro atoms. The second-order valence-electron chi connectivity index (χ2n) is 19.8. The van der Waals surface area contributed by atoms with Gasteiger partial charge in [0.15, 0.2) is 6.10 Å². The first-order valence-electron chi connectivity index (χ1n) is 29.0. The summed E-state index contributed by atoms with van der Waals surface area (Å²) in [6.45, 7) is 4.56. The van der Waals surface area contributed by atoms with E-state index in [9.17, 15) is 19.5 Å². The van der Waals surface area contributed by atoms with Crippen LogP contribution in [0, 0.1) is 0 Å². The lowest BCUT2D eigenvalue weighted by atomic mass is 10.0. The van der Waals surface area contributed by atoms with Crippen LogP contribution in [-0.4, -0.2) is 87.4 Å². The summed E-state index contributed by atoms with van der Waals surface area (Å²) in [4.78, 5) is 37.3. The number of aliphatic carboxylic acids is 1. The molecule has 9 nitrogen and oxygen atoms in total. The Labute approximate surface area is 458 Å². The van der Waals surface area contributed by atoms with E-state index in [0.29, 0.717) is 23.9 Å². The van der Waals surface area contributed by atoms with Gasteiger partial charge in [-0.3, -0.25) is 9.59 Å². The number of carboxylic acid groups (broad SMARTS) is 1. The van der Waals surface area contributed by atoms with E-state index in [1.54, 1.807) is 0 Å². The lowest BCUT2D eigenvalue weighted by Crippen LogP contribution is -2.40. The first kappa shape index (κ1) is 70.2. The van der Waals surface area contributed by atoms with E-state index in [-0.39, 0.29) is 32.7 Å². The van der Waals surface area contributed by atoms with Gasteiger partial charge in [-0.05, 0) is 116 Å². The Hall–Kier alpha value is -4.83. The van der Waals surface area contributed by atoms with Crippen LogP contribution in [0.15, 0.2) is 146 Å². The molecule has 2 atom stereocenters. The maximum atomic E-state index is 12.9. The van der Waals surface area contributed by atoms with Crippen molar-refractivity contribution in [2.45, 2.75) is 206 Å². The fourth-order valence-corrected chi connectivity index (χ4v) is 7.19. The topological polar surface area (TPSA) is 108 Å². The van der Waals surface area contributed by atoms with Crippen LogP contribution in [0.2, 0.25) is 0 Å². The molecule has 0 rings (SSSR count). The number of rotatable bonds is 51. The maximum Gasteiger partial charge on any atom is 0.361 e. The molecular weight excluding hydrogens is 935 g/mol. The number of carboxylic acids is 1. The number of allylic oxidation sites excluding steroid dienone is 24. The lowest BCUT2D eigenvalue weighted by molar-refractivity contribution is -0.870. The Morgan fingerprint density at radius 3 is 1.09 bits per heavy atom. The monoisotopic (exact) mass is 1040 g/mol. The van der Waals surface area contributed by atoms with E-state index in [1.807, 2.05) is 21.1 Å². The Morgan fingerprint density at radius 1 is 0.400 bits per heavy atom. The zero-order valence-corrected chi connectivity index (χ0v) is 47.9. The van der Waals surface area contributed by atoms with Crippen LogP contribution in [0.4, 0.5) is 0 Å². The molecule has 0 aromatic rings. The minimum atomic E-state index is -1.53. The summed E-state index contributed by atoms with van der Waals surface area (Å²) in [6.07, 6.45) is 77.9. The van der Waals surface area contributed by atoms with E-state index in [1.165, 1.54) is 38.5 Å². The van der Waals surface area contributed by atoms with Crippen molar-refractivity contribution >= 4 is 17.9 Å². The second kappa shape index (κ2) is 55.4. The van der Waals surface area contributed by atoms with Gasteiger partial charge in [0.1, 0.15) is 13.2 Å². The average molecular weight is 1040 g/mol. The zero-order valence-electron chi connectivity index (χ0n) is 47.9. The Balaban J connectivity index is 4.25. The average Bonchev–Trinajstić information content (AvgIpc) is 3.38. The van der Waals surface area contributed by atoms with Crippen molar-refractivity contribution in [3.63, 3.8) is 0 Å². The molecule has 9 heteroatoms. The predicted octanol–water partition coefficient (Wildman–Crippen LogP) is 17.2. The maximum absolute atomic E-state index is 12.9. The van der Waals surface area contributed by atoms with Gasteiger partial charge in [-0.1, -0.05) is 211 Å². The van der Waals surface area contributed by atoms with Crippen LogP contribution in [-0.2, 0) is 33.3 Å². The third-order valence-electron chi connectivity index (χ3n) is 11.6. The summed E-state index contributed by atoms with van der Waals surface area (Å²) in [5, 5.41) is 9.69. The molecule has 0 saturated heterocycles. The summed E-state index contributed by atoms with van der Waals surface area (Å²) in [7, 11) is 5.94. The number of likely N-dealkylation sites (N-methyl/N-ethyl adjacent to an activating group) is 1. The van der Waals surface area contributed by atoms with Crippen molar-refractivity contribution in [3.05, 3.63) is 146 Å². The molecule has 0 heterocycles. The molecule has 0 saturated carbocycles. The molecule has 75 heavy (non-hydrogen) atoms. The molecule has 0 aliphatic carbocycles. The van der Waals surface area contributed by atoms with Gasteiger partial charge in [0.05, 0.1) is 34.4 Å². The number of carbonyl (C=O) groups is 3. The van der Waals surface area contributed by atoms with Crippen molar-refractivity contribution in [3.8, 4) is 0 Å². The van der Waals surface area contributed by atoms with Gasteiger partial charge in [0.2, 0.25) is 0 Å². The highest BCUT2D eigenvalue weighted by atomic mass is 16.7. The Kier molecular flexibility index (Phi) is 51.8. The first-order valence-corrected chi connectivity index (χ1v) is 29.0. The Morgan fingerprint density at radius 2 is 0.720 bits per heavy atom. The molecule has 0 aliphatic heterocycles. The van der Waals surface area contributed by atoms with Crippen LogP contribution in [0.5, 0.6) is 0 Å². The number of carbonyl (C=O) groups excluding carboxylic acids is 2. The van der Waals surface area contributed by atoms with E-state index >= 15 is 0 Å². The first-order chi connectivity index (χ1) is 36.6. The number of esters is 2. The van der Waals surface area contributed by atoms with Crippen molar-refractivity contribution in [1.82, 2.24) is 0 Å². The quantitative estimate of drug-likeness (QED) is 0.0211. The summed E-state index contributed by atoms with van der Waals surface area (Å²) in [5.41, 5.74) is 0. The van der Waals surface area contributed by atoms with Crippen molar-refractivity contribution in [2.24, 2.45) is 0 Å². The summed E-state index contributed by atoms with van der Waals surface area (Å²) in [5.74, 6) is -2.09. The van der Waals surface area contributed by atoms with E-state index in [0.717, 1.165) is 116 Å². The summed E-state index contributed by atoms with van der Waals surface area (Å²) in [6, 6.07) is 0. The zero-order chi connectivity index (χ0) is 54.8. The molecular formula is C66H106NO8+. The van der Waals surface area contributed by atoms with Crippen LogP contribution >= 0.6 is 0 Å². The fraction of sp³-hybridized carbons (Fsp3) is 0.591. The lowest BCUT2D eigenvalue weighted by Gasteiger charge is -2.25. The molecule has 0 radical (unpaired) electrons. The van der Waals surface area contributed by atoms with Crippen LogP contribution in [0.25, 0.3) is 0 Å². The largest absolute Gasteiger partial charge is 0.477 e. The number of ether oxygens (including phenoxy) is 4. The molecule has 0 aromatic heterocycles. The van der Waals surface area contributed by atoms with Crippen molar-refractivity contribution in [1.29, 1.82) is 0 Å².